The van der Waals surface area contributed by atoms with Crippen molar-refractivity contribution in [1.29, 1.82) is 0 Å². The molecule has 1 unspecified atom stereocenters. The maximum absolute atomic E-state index is 12.6. The first-order chi connectivity index (χ1) is 8.86. The first-order valence-electron chi connectivity index (χ1n) is 7.14. The van der Waals surface area contributed by atoms with Crippen molar-refractivity contribution in [3.63, 3.8) is 0 Å². The average Bonchev–Trinajstić information content (AvgIpc) is 2.44. The van der Waals surface area contributed by atoms with E-state index in [0.29, 0.717) is 18.3 Å². The van der Waals surface area contributed by atoms with Gasteiger partial charge in [-0.05, 0) is 38.0 Å². The molecule has 0 bridgehead atoms. The van der Waals surface area contributed by atoms with E-state index < -0.39 is 5.41 Å². The molecule has 1 rings (SSSR count). The lowest BCUT2D eigenvalue weighted by Gasteiger charge is -2.38. The van der Waals surface area contributed by atoms with Gasteiger partial charge in [0.05, 0.1) is 0 Å². The topological polar surface area (TPSA) is 78.9 Å². The zero-order valence-corrected chi connectivity index (χ0v) is 12.5. The Hall–Kier alpha value is -1.26. The smallest absolute Gasteiger partial charge is 0.236 e. The predicted molar refractivity (Wildman–Crippen MR) is 75.9 cm³/mol. The summed E-state index contributed by atoms with van der Waals surface area (Å²) in [6, 6.07) is 0. The highest BCUT2D eigenvalue weighted by molar-refractivity contribution is 6.06. The SMILES string of the molecule is CCC(C)(C(=O)N1CCC(C(C)C)CC1)C(N)=NO. The van der Waals surface area contributed by atoms with Gasteiger partial charge in [-0.1, -0.05) is 25.9 Å². The number of carbonyl (C=O) groups excluding carboxylic acids is 1. The fourth-order valence-corrected chi connectivity index (χ4v) is 2.67. The highest BCUT2D eigenvalue weighted by Crippen LogP contribution is 2.29. The van der Waals surface area contributed by atoms with E-state index in [9.17, 15) is 4.79 Å². The van der Waals surface area contributed by atoms with Crippen LogP contribution in [0.3, 0.4) is 0 Å². The van der Waals surface area contributed by atoms with Gasteiger partial charge in [-0.3, -0.25) is 4.79 Å². The Morgan fingerprint density at radius 1 is 1.47 bits per heavy atom. The first kappa shape index (κ1) is 15.8. The van der Waals surface area contributed by atoms with Gasteiger partial charge in [0.2, 0.25) is 5.91 Å². The minimum Gasteiger partial charge on any atom is -0.409 e. The van der Waals surface area contributed by atoms with Gasteiger partial charge in [0.1, 0.15) is 5.41 Å². The predicted octanol–water partition coefficient (Wildman–Crippen LogP) is 2.04. The van der Waals surface area contributed by atoms with E-state index >= 15 is 0 Å². The highest BCUT2D eigenvalue weighted by Gasteiger charge is 2.40. The van der Waals surface area contributed by atoms with Crippen molar-refractivity contribution in [3.8, 4) is 0 Å². The lowest BCUT2D eigenvalue weighted by Crippen LogP contribution is -2.51. The molecule has 1 amide bonds. The normalized spacial score (nSPS) is 21.5. The van der Waals surface area contributed by atoms with Gasteiger partial charge in [0.25, 0.3) is 0 Å². The number of nitrogens with zero attached hydrogens (tertiary/aromatic N) is 2. The lowest BCUT2D eigenvalue weighted by atomic mass is 9.82. The second-order valence-electron chi connectivity index (χ2n) is 6.04. The number of carbonyl (C=O) groups is 1. The molecule has 110 valence electrons. The molecule has 0 radical (unpaired) electrons. The summed E-state index contributed by atoms with van der Waals surface area (Å²) in [6.45, 7) is 9.64. The van der Waals surface area contributed by atoms with Crippen molar-refractivity contribution < 1.29 is 10.0 Å². The molecular formula is C14H27N3O2. The Morgan fingerprint density at radius 3 is 2.37 bits per heavy atom. The van der Waals surface area contributed by atoms with E-state index in [1.165, 1.54) is 0 Å². The summed E-state index contributed by atoms with van der Waals surface area (Å²) >= 11 is 0. The number of hydrogen-bond donors (Lipinski definition) is 2. The van der Waals surface area contributed by atoms with Crippen LogP contribution in [-0.4, -0.2) is 34.9 Å². The number of piperidine rings is 1. The summed E-state index contributed by atoms with van der Waals surface area (Å²) in [6.07, 6.45) is 2.62. The van der Waals surface area contributed by atoms with Crippen molar-refractivity contribution in [1.82, 2.24) is 4.90 Å². The van der Waals surface area contributed by atoms with E-state index in [-0.39, 0.29) is 11.7 Å². The maximum Gasteiger partial charge on any atom is 0.236 e. The molecule has 5 nitrogen and oxygen atoms in total. The summed E-state index contributed by atoms with van der Waals surface area (Å²) in [5.74, 6) is 1.35. The molecular weight excluding hydrogens is 242 g/mol. The number of oxime groups is 1. The Labute approximate surface area is 115 Å². The molecule has 1 aliphatic rings. The third kappa shape index (κ3) is 3.19. The van der Waals surface area contributed by atoms with Crippen molar-refractivity contribution in [2.75, 3.05) is 13.1 Å². The number of hydrogen-bond acceptors (Lipinski definition) is 3. The van der Waals surface area contributed by atoms with E-state index in [0.717, 1.165) is 25.9 Å². The number of likely N-dealkylation sites (tertiary alicyclic amines) is 1. The van der Waals surface area contributed by atoms with Gasteiger partial charge in [0, 0.05) is 13.1 Å². The van der Waals surface area contributed by atoms with Crippen molar-refractivity contribution in [2.24, 2.45) is 28.1 Å². The standard InChI is InChI=1S/C14H27N3O2/c1-5-14(4,12(15)16-19)13(18)17-8-6-11(7-9-17)10(2)3/h10-11,19H,5-9H2,1-4H3,(H2,15,16). The zero-order chi connectivity index (χ0) is 14.6. The second kappa shape index (κ2) is 6.26. The molecule has 5 heteroatoms. The molecule has 1 saturated heterocycles. The molecule has 0 spiro atoms. The molecule has 0 aromatic carbocycles. The van der Waals surface area contributed by atoms with Gasteiger partial charge in [-0.25, -0.2) is 0 Å². The lowest BCUT2D eigenvalue weighted by molar-refractivity contribution is -0.139. The Balaban J connectivity index is 2.74. The van der Waals surface area contributed by atoms with Gasteiger partial charge < -0.3 is 15.8 Å². The fraction of sp³-hybridized carbons (Fsp3) is 0.857. The average molecular weight is 269 g/mol. The Morgan fingerprint density at radius 2 is 2.00 bits per heavy atom. The number of amides is 1. The summed E-state index contributed by atoms with van der Waals surface area (Å²) in [5, 5.41) is 11.9. The summed E-state index contributed by atoms with van der Waals surface area (Å²) in [5.41, 5.74) is 4.81. The van der Waals surface area contributed by atoms with Crippen LogP contribution < -0.4 is 5.73 Å². The third-order valence-corrected chi connectivity index (χ3v) is 4.62. The molecule has 0 aromatic rings. The van der Waals surface area contributed by atoms with Gasteiger partial charge in [-0.2, -0.15) is 0 Å². The van der Waals surface area contributed by atoms with Crippen LogP contribution in [0.25, 0.3) is 0 Å². The van der Waals surface area contributed by atoms with E-state index in [2.05, 4.69) is 19.0 Å². The number of rotatable bonds is 4. The quantitative estimate of drug-likeness (QED) is 0.355. The van der Waals surface area contributed by atoms with Crippen LogP contribution >= 0.6 is 0 Å². The van der Waals surface area contributed by atoms with Crippen LogP contribution in [0.4, 0.5) is 0 Å². The van der Waals surface area contributed by atoms with Crippen LogP contribution in [0.1, 0.15) is 47.0 Å². The van der Waals surface area contributed by atoms with Crippen LogP contribution in [0.15, 0.2) is 5.16 Å². The maximum atomic E-state index is 12.6. The number of amidine groups is 1. The molecule has 0 aliphatic carbocycles. The minimum atomic E-state index is -0.889. The molecule has 1 atom stereocenters. The molecule has 1 fully saturated rings. The minimum absolute atomic E-state index is 0.00554. The largest absolute Gasteiger partial charge is 0.409 e. The monoisotopic (exact) mass is 269 g/mol. The summed E-state index contributed by atoms with van der Waals surface area (Å²) in [7, 11) is 0. The number of nitrogens with two attached hydrogens (primary N) is 1. The van der Waals surface area contributed by atoms with Gasteiger partial charge >= 0.3 is 0 Å². The Kier molecular flexibility index (Phi) is 5.20. The van der Waals surface area contributed by atoms with E-state index in [4.69, 9.17) is 10.9 Å². The second-order valence-corrected chi connectivity index (χ2v) is 6.04. The Bertz CT molecular complexity index is 347. The van der Waals surface area contributed by atoms with Crippen LogP contribution in [-0.2, 0) is 4.79 Å². The molecule has 3 N–H and O–H groups in total. The van der Waals surface area contributed by atoms with Crippen molar-refractivity contribution in [3.05, 3.63) is 0 Å². The molecule has 1 heterocycles. The molecule has 0 aromatic heterocycles. The highest BCUT2D eigenvalue weighted by atomic mass is 16.4. The zero-order valence-electron chi connectivity index (χ0n) is 12.5. The molecule has 0 saturated carbocycles. The van der Waals surface area contributed by atoms with E-state index in [1.54, 1.807) is 6.92 Å². The van der Waals surface area contributed by atoms with Crippen LogP contribution in [0.5, 0.6) is 0 Å². The third-order valence-electron chi connectivity index (χ3n) is 4.62. The summed E-state index contributed by atoms with van der Waals surface area (Å²) < 4.78 is 0. The van der Waals surface area contributed by atoms with Gasteiger partial charge in [0.15, 0.2) is 5.84 Å². The summed E-state index contributed by atoms with van der Waals surface area (Å²) in [4.78, 5) is 14.4. The fourth-order valence-electron chi connectivity index (χ4n) is 2.67. The van der Waals surface area contributed by atoms with E-state index in [1.807, 2.05) is 11.8 Å². The molecule has 1 aliphatic heterocycles. The van der Waals surface area contributed by atoms with Crippen molar-refractivity contribution in [2.45, 2.75) is 47.0 Å². The van der Waals surface area contributed by atoms with Gasteiger partial charge in [-0.15, -0.1) is 0 Å². The van der Waals surface area contributed by atoms with Crippen LogP contribution in [0.2, 0.25) is 0 Å². The van der Waals surface area contributed by atoms with Crippen LogP contribution in [0, 0.1) is 17.3 Å². The first-order valence-corrected chi connectivity index (χ1v) is 7.14. The molecule has 19 heavy (non-hydrogen) atoms. The van der Waals surface area contributed by atoms with Crippen molar-refractivity contribution >= 4 is 11.7 Å².